The van der Waals surface area contributed by atoms with Gasteiger partial charge in [-0.1, -0.05) is 45.0 Å². The van der Waals surface area contributed by atoms with E-state index in [-0.39, 0.29) is 17.8 Å². The van der Waals surface area contributed by atoms with Gasteiger partial charge < -0.3 is 5.32 Å². The zero-order chi connectivity index (χ0) is 10.2. The molecule has 2 rings (SSSR count). The van der Waals surface area contributed by atoms with Crippen molar-refractivity contribution in [2.45, 2.75) is 38.6 Å². The molecule has 1 aromatic rings. The van der Waals surface area contributed by atoms with E-state index in [0.29, 0.717) is 6.04 Å². The lowest BCUT2D eigenvalue weighted by Crippen LogP contribution is -2.34. The minimum absolute atomic E-state index is 0. The summed E-state index contributed by atoms with van der Waals surface area (Å²) in [6.45, 7) is 7.93. The fourth-order valence-corrected chi connectivity index (χ4v) is 1.79. The highest BCUT2D eigenvalue weighted by atomic mass is 35.5. The van der Waals surface area contributed by atoms with E-state index in [2.05, 4.69) is 50.4 Å². The maximum atomic E-state index is 3.42. The highest BCUT2D eigenvalue weighted by Crippen LogP contribution is 2.26. The molecule has 84 valence electrons. The molecule has 1 aromatic carbocycles. The Balaban J connectivity index is 0.00000112. The van der Waals surface area contributed by atoms with E-state index in [9.17, 15) is 0 Å². The van der Waals surface area contributed by atoms with Gasteiger partial charge in [0.2, 0.25) is 0 Å². The smallest absolute Gasteiger partial charge is 0.0332 e. The Hall–Kier alpha value is -0.530. The van der Waals surface area contributed by atoms with Crippen LogP contribution in [0.5, 0.6) is 0 Å². The number of hydrogen-bond acceptors (Lipinski definition) is 1. The van der Waals surface area contributed by atoms with Gasteiger partial charge in [0.1, 0.15) is 0 Å². The fraction of sp³-hybridized carbons (Fsp3) is 0.538. The monoisotopic (exact) mass is 225 g/mol. The van der Waals surface area contributed by atoms with E-state index in [1.807, 2.05) is 0 Å². The van der Waals surface area contributed by atoms with Crippen LogP contribution in [0, 0.1) is 0 Å². The van der Waals surface area contributed by atoms with E-state index >= 15 is 0 Å². The first-order chi connectivity index (χ1) is 6.57. The third-order valence-corrected chi connectivity index (χ3v) is 3.00. The van der Waals surface area contributed by atoms with Crippen LogP contribution in [0.4, 0.5) is 0 Å². The predicted octanol–water partition coefficient (Wildman–Crippen LogP) is 3.44. The van der Waals surface area contributed by atoms with Crippen molar-refractivity contribution in [2.75, 3.05) is 6.54 Å². The molecule has 0 amide bonds. The molecular formula is C13H20ClN. The van der Waals surface area contributed by atoms with Crippen LogP contribution in [0.1, 0.15) is 44.4 Å². The molecular weight excluding hydrogens is 206 g/mol. The molecule has 1 N–H and O–H groups in total. The Labute approximate surface area is 98.7 Å². The van der Waals surface area contributed by atoms with Crippen molar-refractivity contribution in [2.24, 2.45) is 0 Å². The molecule has 0 saturated carbocycles. The van der Waals surface area contributed by atoms with Crippen molar-refractivity contribution >= 4 is 12.4 Å². The predicted molar refractivity (Wildman–Crippen MR) is 67.8 cm³/mol. The molecule has 1 fully saturated rings. The van der Waals surface area contributed by atoms with Gasteiger partial charge in [-0.05, 0) is 29.5 Å². The lowest BCUT2D eigenvalue weighted by molar-refractivity contribution is 0.383. The van der Waals surface area contributed by atoms with E-state index in [0.717, 1.165) is 0 Å². The fourth-order valence-electron chi connectivity index (χ4n) is 1.79. The van der Waals surface area contributed by atoms with Gasteiger partial charge in [0.25, 0.3) is 0 Å². The number of benzene rings is 1. The van der Waals surface area contributed by atoms with Gasteiger partial charge in [0, 0.05) is 6.04 Å². The van der Waals surface area contributed by atoms with Crippen molar-refractivity contribution < 1.29 is 0 Å². The average Bonchev–Trinajstić information content (AvgIpc) is 2.00. The molecule has 1 aliphatic rings. The highest BCUT2D eigenvalue weighted by molar-refractivity contribution is 5.85. The van der Waals surface area contributed by atoms with Gasteiger partial charge in [0.15, 0.2) is 0 Å². The lowest BCUT2D eigenvalue weighted by Gasteiger charge is -2.28. The van der Waals surface area contributed by atoms with Crippen molar-refractivity contribution in [3.05, 3.63) is 35.4 Å². The van der Waals surface area contributed by atoms with Crippen molar-refractivity contribution in [3.8, 4) is 0 Å². The molecule has 1 heterocycles. The average molecular weight is 226 g/mol. The molecule has 0 bridgehead atoms. The second-order valence-electron chi connectivity index (χ2n) is 5.17. The molecule has 0 aromatic heterocycles. The van der Waals surface area contributed by atoms with Gasteiger partial charge in [-0.3, -0.25) is 0 Å². The third kappa shape index (κ3) is 2.73. The molecule has 0 spiro atoms. The molecule has 1 aliphatic heterocycles. The minimum atomic E-state index is 0. The number of halogens is 1. The van der Waals surface area contributed by atoms with Crippen LogP contribution in [0.2, 0.25) is 0 Å². The maximum absolute atomic E-state index is 3.42. The zero-order valence-corrected chi connectivity index (χ0v) is 10.5. The summed E-state index contributed by atoms with van der Waals surface area (Å²) >= 11 is 0. The Morgan fingerprint density at radius 3 is 2.00 bits per heavy atom. The van der Waals surface area contributed by atoms with Crippen LogP contribution in [-0.2, 0) is 5.41 Å². The van der Waals surface area contributed by atoms with Gasteiger partial charge in [-0.25, -0.2) is 0 Å². The zero-order valence-electron chi connectivity index (χ0n) is 9.71. The lowest BCUT2D eigenvalue weighted by atomic mass is 9.85. The first-order valence-corrected chi connectivity index (χ1v) is 5.41. The van der Waals surface area contributed by atoms with Crippen LogP contribution in [0.25, 0.3) is 0 Å². The van der Waals surface area contributed by atoms with Crippen molar-refractivity contribution in [3.63, 3.8) is 0 Å². The van der Waals surface area contributed by atoms with E-state index in [1.54, 1.807) is 0 Å². The molecule has 1 atom stereocenters. The van der Waals surface area contributed by atoms with E-state index in [1.165, 1.54) is 24.1 Å². The summed E-state index contributed by atoms with van der Waals surface area (Å²) in [6, 6.07) is 9.66. The second kappa shape index (κ2) is 4.54. The molecule has 15 heavy (non-hydrogen) atoms. The van der Waals surface area contributed by atoms with Crippen LogP contribution in [0.15, 0.2) is 24.3 Å². The normalized spacial score (nSPS) is 20.3. The minimum Gasteiger partial charge on any atom is -0.310 e. The number of hydrogen-bond donors (Lipinski definition) is 1. The summed E-state index contributed by atoms with van der Waals surface area (Å²) in [5.41, 5.74) is 3.12. The van der Waals surface area contributed by atoms with Crippen LogP contribution < -0.4 is 5.32 Å². The van der Waals surface area contributed by atoms with Crippen molar-refractivity contribution in [1.29, 1.82) is 0 Å². The van der Waals surface area contributed by atoms with Gasteiger partial charge in [-0.15, -0.1) is 12.4 Å². The van der Waals surface area contributed by atoms with Crippen LogP contribution >= 0.6 is 12.4 Å². The summed E-state index contributed by atoms with van der Waals surface area (Å²) in [7, 11) is 0. The first-order valence-electron chi connectivity index (χ1n) is 5.41. The van der Waals surface area contributed by atoms with Gasteiger partial charge in [0.05, 0.1) is 0 Å². The third-order valence-electron chi connectivity index (χ3n) is 3.00. The standard InChI is InChI=1S/C13H19N.ClH/c1-13(2,3)11-6-4-10(5-7-11)12-8-9-14-12;/h4-7,12,14H,8-9H2,1-3H3;1H/t12-;/m1./s1. The summed E-state index contributed by atoms with van der Waals surface area (Å²) in [5.74, 6) is 0. The molecule has 0 unspecified atom stereocenters. The highest BCUT2D eigenvalue weighted by Gasteiger charge is 2.19. The molecule has 1 nitrogen and oxygen atoms in total. The van der Waals surface area contributed by atoms with Gasteiger partial charge in [-0.2, -0.15) is 0 Å². The maximum Gasteiger partial charge on any atom is 0.0332 e. The van der Waals surface area contributed by atoms with Crippen molar-refractivity contribution in [1.82, 2.24) is 5.32 Å². The quantitative estimate of drug-likeness (QED) is 0.772. The second-order valence-corrected chi connectivity index (χ2v) is 5.17. The first kappa shape index (κ1) is 12.5. The topological polar surface area (TPSA) is 12.0 Å². The van der Waals surface area contributed by atoms with Crippen LogP contribution in [0.3, 0.4) is 0 Å². The SMILES string of the molecule is CC(C)(C)c1ccc([C@H]2CCN2)cc1.Cl. The Bertz CT molecular complexity index is 306. The van der Waals surface area contributed by atoms with Crippen LogP contribution in [-0.4, -0.2) is 6.54 Å². The van der Waals surface area contributed by atoms with E-state index < -0.39 is 0 Å². The largest absolute Gasteiger partial charge is 0.310 e. The number of nitrogens with one attached hydrogen (secondary N) is 1. The summed E-state index contributed by atoms with van der Waals surface area (Å²) in [5, 5.41) is 3.42. The van der Waals surface area contributed by atoms with E-state index in [4.69, 9.17) is 0 Å². The Kier molecular flexibility index (Phi) is 3.80. The summed E-state index contributed by atoms with van der Waals surface area (Å²) in [4.78, 5) is 0. The molecule has 1 saturated heterocycles. The molecule has 0 radical (unpaired) electrons. The molecule has 2 heteroatoms. The summed E-state index contributed by atoms with van der Waals surface area (Å²) < 4.78 is 0. The number of rotatable bonds is 1. The molecule has 0 aliphatic carbocycles. The van der Waals surface area contributed by atoms with Gasteiger partial charge >= 0.3 is 0 Å². The Morgan fingerprint density at radius 1 is 1.13 bits per heavy atom. The summed E-state index contributed by atoms with van der Waals surface area (Å²) in [6.07, 6.45) is 1.29. The Morgan fingerprint density at radius 2 is 1.67 bits per heavy atom.